The van der Waals surface area contributed by atoms with Crippen molar-refractivity contribution in [1.82, 2.24) is 10.2 Å². The van der Waals surface area contributed by atoms with E-state index in [1.807, 2.05) is 20.8 Å². The van der Waals surface area contributed by atoms with E-state index in [1.54, 1.807) is 4.90 Å². The molecule has 1 aliphatic heterocycles. The normalized spacial score (nSPS) is 24.7. The summed E-state index contributed by atoms with van der Waals surface area (Å²) in [6.45, 7) is 5.71. The maximum Gasteiger partial charge on any atom is 0.251 e. The fourth-order valence-corrected chi connectivity index (χ4v) is 1.59. The van der Waals surface area contributed by atoms with E-state index < -0.39 is 0 Å². The molecule has 0 saturated carbocycles. The molecular weight excluding hydrogens is 160 g/mol. The number of rotatable bonds is 1. The smallest absolute Gasteiger partial charge is 0.251 e. The summed E-state index contributed by atoms with van der Waals surface area (Å²) in [5.74, 6) is 0.0741. The van der Waals surface area contributed by atoms with Gasteiger partial charge in [0.15, 0.2) is 5.11 Å². The summed E-state index contributed by atoms with van der Waals surface area (Å²) < 4.78 is 0. The molecule has 4 heteroatoms. The average molecular weight is 172 g/mol. The van der Waals surface area contributed by atoms with Crippen LogP contribution in [0.15, 0.2) is 0 Å². The standard InChI is InChI=1S/C7H12N2OS/c1-4(2)9-6(10)5(3)8-7(9)11/h4-5H,1-3H3,(H,8,11)/t5-/m0/s1. The first kappa shape index (κ1) is 8.46. The third-order valence-electron chi connectivity index (χ3n) is 1.68. The number of carbonyl (C=O) groups is 1. The maximum atomic E-state index is 11.3. The molecule has 0 aliphatic carbocycles. The molecule has 0 aromatic carbocycles. The molecule has 0 aromatic rings. The molecule has 0 spiro atoms. The van der Waals surface area contributed by atoms with Crippen molar-refractivity contribution in [2.45, 2.75) is 32.9 Å². The first-order valence-corrected chi connectivity index (χ1v) is 4.08. The van der Waals surface area contributed by atoms with Crippen molar-refractivity contribution in [3.63, 3.8) is 0 Å². The van der Waals surface area contributed by atoms with Crippen molar-refractivity contribution in [3.05, 3.63) is 0 Å². The van der Waals surface area contributed by atoms with Crippen LogP contribution in [0.2, 0.25) is 0 Å². The molecule has 3 nitrogen and oxygen atoms in total. The Labute approximate surface area is 71.8 Å². The van der Waals surface area contributed by atoms with Crippen molar-refractivity contribution in [3.8, 4) is 0 Å². The highest BCUT2D eigenvalue weighted by atomic mass is 32.1. The number of amides is 1. The minimum absolute atomic E-state index is 0.0741. The molecule has 1 saturated heterocycles. The fourth-order valence-electron chi connectivity index (χ4n) is 1.11. The van der Waals surface area contributed by atoms with Crippen LogP contribution in [0.5, 0.6) is 0 Å². The monoisotopic (exact) mass is 172 g/mol. The Bertz CT molecular complexity index is 203. The number of carbonyl (C=O) groups excluding carboxylic acids is 1. The van der Waals surface area contributed by atoms with Crippen LogP contribution in [0.4, 0.5) is 0 Å². The summed E-state index contributed by atoms with van der Waals surface area (Å²) in [6, 6.07) is 0.0114. The number of hydrogen-bond acceptors (Lipinski definition) is 2. The summed E-state index contributed by atoms with van der Waals surface area (Å²) in [4.78, 5) is 12.9. The van der Waals surface area contributed by atoms with Crippen LogP contribution in [0, 0.1) is 0 Å². The second-order valence-corrected chi connectivity index (χ2v) is 3.36. The van der Waals surface area contributed by atoms with E-state index in [0.717, 1.165) is 0 Å². The van der Waals surface area contributed by atoms with Gasteiger partial charge >= 0.3 is 0 Å². The molecule has 1 atom stereocenters. The Kier molecular flexibility index (Phi) is 2.13. The Balaban J connectivity index is 2.80. The molecule has 1 aliphatic rings. The van der Waals surface area contributed by atoms with Gasteiger partial charge in [0.25, 0.3) is 5.91 Å². The van der Waals surface area contributed by atoms with Gasteiger partial charge in [0.2, 0.25) is 0 Å². The minimum Gasteiger partial charge on any atom is -0.351 e. The van der Waals surface area contributed by atoms with Gasteiger partial charge in [-0.05, 0) is 33.0 Å². The Morgan fingerprint density at radius 3 is 2.36 bits per heavy atom. The molecule has 1 heterocycles. The third kappa shape index (κ3) is 1.35. The lowest BCUT2D eigenvalue weighted by atomic mass is 10.3. The Hall–Kier alpha value is -0.640. The second-order valence-electron chi connectivity index (χ2n) is 2.97. The van der Waals surface area contributed by atoms with Gasteiger partial charge in [0, 0.05) is 6.04 Å². The Morgan fingerprint density at radius 1 is 1.64 bits per heavy atom. The van der Waals surface area contributed by atoms with Gasteiger partial charge in [-0.15, -0.1) is 0 Å². The second kappa shape index (κ2) is 2.77. The van der Waals surface area contributed by atoms with Gasteiger partial charge in [0.1, 0.15) is 6.04 Å². The first-order valence-electron chi connectivity index (χ1n) is 3.67. The highest BCUT2D eigenvalue weighted by molar-refractivity contribution is 7.80. The van der Waals surface area contributed by atoms with Gasteiger partial charge in [-0.1, -0.05) is 0 Å². The summed E-state index contributed by atoms with van der Waals surface area (Å²) in [5, 5.41) is 3.46. The molecule has 0 radical (unpaired) electrons. The molecule has 62 valence electrons. The highest BCUT2D eigenvalue weighted by Gasteiger charge is 2.33. The summed E-state index contributed by atoms with van der Waals surface area (Å²) in [7, 11) is 0. The summed E-state index contributed by atoms with van der Waals surface area (Å²) in [6.07, 6.45) is 0. The van der Waals surface area contributed by atoms with E-state index >= 15 is 0 Å². The molecule has 1 rings (SSSR count). The number of hydrogen-bond donors (Lipinski definition) is 1. The van der Waals surface area contributed by atoms with E-state index in [-0.39, 0.29) is 18.0 Å². The summed E-state index contributed by atoms with van der Waals surface area (Å²) >= 11 is 4.96. The maximum absolute atomic E-state index is 11.3. The number of nitrogens with zero attached hydrogens (tertiary/aromatic N) is 1. The van der Waals surface area contributed by atoms with Crippen LogP contribution >= 0.6 is 12.2 Å². The van der Waals surface area contributed by atoms with Crippen LogP contribution in [-0.2, 0) is 4.79 Å². The van der Waals surface area contributed by atoms with Crippen molar-refractivity contribution < 1.29 is 4.79 Å². The van der Waals surface area contributed by atoms with Gasteiger partial charge in [-0.3, -0.25) is 9.69 Å². The lowest BCUT2D eigenvalue weighted by Gasteiger charge is -2.18. The van der Waals surface area contributed by atoms with Crippen molar-refractivity contribution in [2.24, 2.45) is 0 Å². The molecule has 11 heavy (non-hydrogen) atoms. The van der Waals surface area contributed by atoms with Gasteiger partial charge in [-0.25, -0.2) is 0 Å². The average Bonchev–Trinajstić information content (AvgIpc) is 2.07. The van der Waals surface area contributed by atoms with Crippen LogP contribution < -0.4 is 5.32 Å². The quantitative estimate of drug-likeness (QED) is 0.585. The molecule has 1 amide bonds. The van der Waals surface area contributed by atoms with Crippen LogP contribution in [-0.4, -0.2) is 28.0 Å². The fraction of sp³-hybridized carbons (Fsp3) is 0.714. The van der Waals surface area contributed by atoms with Crippen molar-refractivity contribution in [1.29, 1.82) is 0 Å². The SMILES string of the molecule is CC(C)N1C(=O)[C@H](C)NC1=S. The Morgan fingerprint density at radius 2 is 2.18 bits per heavy atom. The van der Waals surface area contributed by atoms with Gasteiger partial charge < -0.3 is 5.32 Å². The molecule has 1 fully saturated rings. The minimum atomic E-state index is -0.148. The molecule has 0 bridgehead atoms. The van der Waals surface area contributed by atoms with E-state index in [4.69, 9.17) is 12.2 Å². The van der Waals surface area contributed by atoms with E-state index in [1.165, 1.54) is 0 Å². The van der Waals surface area contributed by atoms with Crippen molar-refractivity contribution in [2.75, 3.05) is 0 Å². The zero-order valence-corrected chi connectivity index (χ0v) is 7.73. The van der Waals surface area contributed by atoms with Crippen LogP contribution in [0.25, 0.3) is 0 Å². The topological polar surface area (TPSA) is 32.3 Å². The predicted molar refractivity (Wildman–Crippen MR) is 47.2 cm³/mol. The van der Waals surface area contributed by atoms with Gasteiger partial charge in [-0.2, -0.15) is 0 Å². The van der Waals surface area contributed by atoms with Gasteiger partial charge in [0.05, 0.1) is 0 Å². The molecule has 0 aromatic heterocycles. The third-order valence-corrected chi connectivity index (χ3v) is 2.00. The van der Waals surface area contributed by atoms with E-state index in [9.17, 15) is 4.79 Å². The van der Waals surface area contributed by atoms with E-state index in [2.05, 4.69) is 5.32 Å². The summed E-state index contributed by atoms with van der Waals surface area (Å²) in [5.41, 5.74) is 0. The predicted octanol–water partition coefficient (Wildman–Crippen LogP) is 0.500. The van der Waals surface area contributed by atoms with Crippen LogP contribution in [0.1, 0.15) is 20.8 Å². The number of nitrogens with one attached hydrogen (secondary N) is 1. The highest BCUT2D eigenvalue weighted by Crippen LogP contribution is 2.09. The van der Waals surface area contributed by atoms with Crippen molar-refractivity contribution >= 4 is 23.2 Å². The molecule has 0 unspecified atom stereocenters. The zero-order chi connectivity index (χ0) is 8.59. The van der Waals surface area contributed by atoms with Crippen LogP contribution in [0.3, 0.4) is 0 Å². The molecule has 1 N–H and O–H groups in total. The zero-order valence-electron chi connectivity index (χ0n) is 6.92. The van der Waals surface area contributed by atoms with E-state index in [0.29, 0.717) is 5.11 Å². The lowest BCUT2D eigenvalue weighted by Crippen LogP contribution is -2.36. The number of thiocarbonyl (C=S) groups is 1. The molecular formula is C7H12N2OS. The first-order chi connectivity index (χ1) is 5.04. The largest absolute Gasteiger partial charge is 0.351 e. The lowest BCUT2D eigenvalue weighted by molar-refractivity contribution is -0.127.